The molecule has 0 amide bonds. The Labute approximate surface area is 141 Å². The van der Waals surface area contributed by atoms with Crippen LogP contribution in [0.15, 0.2) is 41.3 Å². The van der Waals surface area contributed by atoms with Crippen LogP contribution < -0.4 is 10.5 Å². The average molecular weight is 333 g/mol. The molecule has 1 aliphatic heterocycles. The Morgan fingerprint density at radius 2 is 2.00 bits per heavy atom. The van der Waals surface area contributed by atoms with E-state index < -0.39 is 0 Å². The van der Waals surface area contributed by atoms with Gasteiger partial charge in [-0.1, -0.05) is 29.8 Å². The average Bonchev–Trinajstić information content (AvgIpc) is 2.56. The van der Waals surface area contributed by atoms with Crippen LogP contribution in [0.25, 0.3) is 0 Å². The molecular formula is C17H21ClN4O. The number of aryl methyl sites for hydroxylation is 1. The van der Waals surface area contributed by atoms with E-state index in [1.807, 2.05) is 30.3 Å². The Morgan fingerprint density at radius 1 is 1.26 bits per heavy atom. The number of nitrogens with zero attached hydrogens (tertiary/aromatic N) is 4. The molecule has 1 aromatic carbocycles. The number of halogens is 1. The maximum absolute atomic E-state index is 12.2. The maximum atomic E-state index is 12.2. The van der Waals surface area contributed by atoms with Crippen molar-refractivity contribution >= 4 is 23.0 Å². The standard InChI is InChI=1S/C17H21ClN4O/c1-20-10-6-9-14(12-20)22(13-7-4-3-5-8-13)15-11-19-21(2)17(23)16(15)18/h3-5,7-8,11,14H,6,9-10,12H2,1-2H3. The molecule has 3 rings (SSSR count). The highest BCUT2D eigenvalue weighted by Gasteiger charge is 2.27. The van der Waals surface area contributed by atoms with Gasteiger partial charge in [0, 0.05) is 25.3 Å². The molecule has 1 aromatic heterocycles. The van der Waals surface area contributed by atoms with Crippen molar-refractivity contribution in [3.8, 4) is 0 Å². The molecule has 0 aliphatic carbocycles. The third-order valence-electron chi connectivity index (χ3n) is 4.32. The first-order chi connectivity index (χ1) is 11.1. The summed E-state index contributed by atoms with van der Waals surface area (Å²) < 4.78 is 1.27. The van der Waals surface area contributed by atoms with E-state index in [9.17, 15) is 4.79 Å². The van der Waals surface area contributed by atoms with Gasteiger partial charge in [0.2, 0.25) is 0 Å². The summed E-state index contributed by atoms with van der Waals surface area (Å²) in [6.45, 7) is 2.03. The topological polar surface area (TPSA) is 41.4 Å². The molecule has 2 aromatic rings. The first-order valence-electron chi connectivity index (χ1n) is 7.82. The number of hydrogen-bond acceptors (Lipinski definition) is 4. The summed E-state index contributed by atoms with van der Waals surface area (Å²) in [6.07, 6.45) is 3.87. The largest absolute Gasteiger partial charge is 0.334 e. The number of piperidine rings is 1. The van der Waals surface area contributed by atoms with Gasteiger partial charge in [0.1, 0.15) is 5.02 Å². The Bertz CT molecular complexity index is 731. The van der Waals surface area contributed by atoms with Crippen molar-refractivity contribution in [1.29, 1.82) is 0 Å². The molecule has 1 fully saturated rings. The zero-order valence-corrected chi connectivity index (χ0v) is 14.2. The molecule has 1 unspecified atom stereocenters. The van der Waals surface area contributed by atoms with Gasteiger partial charge < -0.3 is 9.80 Å². The summed E-state index contributed by atoms with van der Waals surface area (Å²) in [5, 5.41) is 4.39. The lowest BCUT2D eigenvalue weighted by atomic mass is 10.0. The summed E-state index contributed by atoms with van der Waals surface area (Å²) in [5.41, 5.74) is 1.44. The second-order valence-corrected chi connectivity index (χ2v) is 6.41. The van der Waals surface area contributed by atoms with E-state index in [2.05, 4.69) is 21.9 Å². The maximum Gasteiger partial charge on any atom is 0.287 e. The highest BCUT2D eigenvalue weighted by atomic mass is 35.5. The molecule has 23 heavy (non-hydrogen) atoms. The van der Waals surface area contributed by atoms with Crippen LogP contribution in [0.5, 0.6) is 0 Å². The van der Waals surface area contributed by atoms with Crippen molar-refractivity contribution < 1.29 is 0 Å². The van der Waals surface area contributed by atoms with Crippen molar-refractivity contribution in [2.24, 2.45) is 7.05 Å². The smallest absolute Gasteiger partial charge is 0.287 e. The van der Waals surface area contributed by atoms with Crippen LogP contribution in [0.2, 0.25) is 5.02 Å². The quantitative estimate of drug-likeness (QED) is 0.866. The molecule has 1 atom stereocenters. The van der Waals surface area contributed by atoms with Gasteiger partial charge in [-0.05, 0) is 38.6 Å². The van der Waals surface area contributed by atoms with Crippen LogP contribution in [0.4, 0.5) is 11.4 Å². The van der Waals surface area contributed by atoms with Crippen molar-refractivity contribution in [3.63, 3.8) is 0 Å². The third kappa shape index (κ3) is 3.26. The lowest BCUT2D eigenvalue weighted by Crippen LogP contribution is -2.45. The van der Waals surface area contributed by atoms with Crippen LogP contribution in [-0.4, -0.2) is 40.9 Å². The molecule has 0 N–H and O–H groups in total. The van der Waals surface area contributed by atoms with Crippen LogP contribution in [-0.2, 0) is 7.05 Å². The van der Waals surface area contributed by atoms with Gasteiger partial charge in [0.15, 0.2) is 0 Å². The van der Waals surface area contributed by atoms with Gasteiger partial charge in [0.25, 0.3) is 5.56 Å². The number of anilines is 2. The lowest BCUT2D eigenvalue weighted by Gasteiger charge is -2.39. The zero-order chi connectivity index (χ0) is 16.4. The number of para-hydroxylation sites is 1. The van der Waals surface area contributed by atoms with Gasteiger partial charge >= 0.3 is 0 Å². The van der Waals surface area contributed by atoms with Crippen LogP contribution >= 0.6 is 11.6 Å². The summed E-state index contributed by atoms with van der Waals surface area (Å²) in [5.74, 6) is 0. The van der Waals surface area contributed by atoms with E-state index in [-0.39, 0.29) is 16.6 Å². The number of rotatable bonds is 3. The predicted octanol–water partition coefficient (Wildman–Crippen LogP) is 2.67. The molecule has 0 saturated carbocycles. The number of likely N-dealkylation sites (N-methyl/N-ethyl adjacent to an activating group) is 1. The van der Waals surface area contributed by atoms with E-state index in [0.29, 0.717) is 5.69 Å². The Balaban J connectivity index is 2.09. The highest BCUT2D eigenvalue weighted by Crippen LogP contribution is 2.33. The van der Waals surface area contributed by atoms with Crippen molar-refractivity contribution in [2.75, 3.05) is 25.0 Å². The number of likely N-dealkylation sites (tertiary alicyclic amines) is 1. The SMILES string of the molecule is CN1CCCC(N(c2ccccc2)c2cnn(C)c(=O)c2Cl)C1. The molecule has 0 bridgehead atoms. The Morgan fingerprint density at radius 3 is 2.70 bits per heavy atom. The van der Waals surface area contributed by atoms with Gasteiger partial charge in [-0.3, -0.25) is 4.79 Å². The normalized spacial score (nSPS) is 18.8. The second kappa shape index (κ2) is 6.72. The van der Waals surface area contributed by atoms with Crippen molar-refractivity contribution in [2.45, 2.75) is 18.9 Å². The fourth-order valence-electron chi connectivity index (χ4n) is 3.16. The van der Waals surface area contributed by atoms with E-state index in [0.717, 1.165) is 31.6 Å². The molecule has 1 aliphatic rings. The van der Waals surface area contributed by atoms with Gasteiger partial charge in [-0.15, -0.1) is 0 Å². The molecule has 6 heteroatoms. The molecule has 5 nitrogen and oxygen atoms in total. The predicted molar refractivity (Wildman–Crippen MR) is 93.6 cm³/mol. The molecule has 122 valence electrons. The first kappa shape index (κ1) is 16.0. The van der Waals surface area contributed by atoms with Crippen LogP contribution in [0.1, 0.15) is 12.8 Å². The third-order valence-corrected chi connectivity index (χ3v) is 4.67. The first-order valence-corrected chi connectivity index (χ1v) is 8.20. The lowest BCUT2D eigenvalue weighted by molar-refractivity contribution is 0.251. The fraction of sp³-hybridized carbons (Fsp3) is 0.412. The number of aromatic nitrogens is 2. The molecule has 1 saturated heterocycles. The second-order valence-electron chi connectivity index (χ2n) is 6.04. The molecular weight excluding hydrogens is 312 g/mol. The summed E-state index contributed by atoms with van der Waals surface area (Å²) in [4.78, 5) is 16.7. The summed E-state index contributed by atoms with van der Waals surface area (Å²) in [7, 11) is 3.73. The minimum absolute atomic E-state index is 0.222. The molecule has 2 heterocycles. The minimum Gasteiger partial charge on any atom is -0.334 e. The van der Waals surface area contributed by atoms with Gasteiger partial charge in [-0.25, -0.2) is 4.68 Å². The van der Waals surface area contributed by atoms with Gasteiger partial charge in [0.05, 0.1) is 11.9 Å². The van der Waals surface area contributed by atoms with Gasteiger partial charge in [-0.2, -0.15) is 5.10 Å². The van der Waals surface area contributed by atoms with E-state index in [1.54, 1.807) is 13.2 Å². The van der Waals surface area contributed by atoms with Crippen LogP contribution in [0, 0.1) is 0 Å². The number of hydrogen-bond donors (Lipinski definition) is 0. The monoisotopic (exact) mass is 332 g/mol. The zero-order valence-electron chi connectivity index (χ0n) is 13.4. The Kier molecular flexibility index (Phi) is 4.68. The fourth-order valence-corrected chi connectivity index (χ4v) is 3.42. The van der Waals surface area contributed by atoms with Crippen molar-refractivity contribution in [3.05, 3.63) is 51.9 Å². The molecule has 0 spiro atoms. The molecule has 0 radical (unpaired) electrons. The van der Waals surface area contributed by atoms with E-state index in [4.69, 9.17) is 11.6 Å². The highest BCUT2D eigenvalue weighted by molar-refractivity contribution is 6.33. The summed E-state index contributed by atoms with van der Waals surface area (Å²) >= 11 is 6.37. The number of benzene rings is 1. The van der Waals surface area contributed by atoms with Crippen molar-refractivity contribution in [1.82, 2.24) is 14.7 Å². The van der Waals surface area contributed by atoms with Crippen LogP contribution in [0.3, 0.4) is 0 Å². The Hall–Kier alpha value is -1.85. The summed E-state index contributed by atoms with van der Waals surface area (Å²) in [6, 6.07) is 10.3. The van der Waals surface area contributed by atoms with E-state index in [1.165, 1.54) is 4.68 Å². The van der Waals surface area contributed by atoms with E-state index >= 15 is 0 Å². The minimum atomic E-state index is -0.269.